The predicted octanol–water partition coefficient (Wildman–Crippen LogP) is 1.26. The molecule has 0 unspecified atom stereocenters. The fourth-order valence-electron chi connectivity index (χ4n) is 1.28. The molecule has 6 N–H and O–H groups in total. The highest BCUT2D eigenvalue weighted by Gasteiger charge is 1.96. The summed E-state index contributed by atoms with van der Waals surface area (Å²) in [5, 5.41) is 17.1. The van der Waals surface area contributed by atoms with Crippen LogP contribution in [0.15, 0.2) is 0 Å². The van der Waals surface area contributed by atoms with E-state index in [2.05, 4.69) is 18.6 Å². The maximum Gasteiger partial charge on any atom is 0.151 e. The standard InChI is InChI=1S/C10H22O2.H4N2/c1-2-3-4-5-6-7-8-9-10(11)12;1-2/h10-12H,2-9H2,1H3;1-2H2. The Morgan fingerprint density at radius 1 is 0.857 bits per heavy atom. The van der Waals surface area contributed by atoms with Crippen molar-refractivity contribution >= 4 is 0 Å². The van der Waals surface area contributed by atoms with Gasteiger partial charge in [-0.3, -0.25) is 11.7 Å². The van der Waals surface area contributed by atoms with Gasteiger partial charge in [-0.05, 0) is 12.8 Å². The van der Waals surface area contributed by atoms with Crippen LogP contribution in [0.2, 0.25) is 0 Å². The largest absolute Gasteiger partial charge is 0.368 e. The molecule has 0 saturated carbocycles. The SMILES string of the molecule is CCCCCCCCCC(O)O.NN. The average Bonchev–Trinajstić information content (AvgIpc) is 2.19. The van der Waals surface area contributed by atoms with Crippen LogP contribution in [-0.2, 0) is 0 Å². The molecule has 0 radical (unpaired) electrons. The van der Waals surface area contributed by atoms with Gasteiger partial charge in [0.25, 0.3) is 0 Å². The van der Waals surface area contributed by atoms with Gasteiger partial charge in [0.2, 0.25) is 0 Å². The van der Waals surface area contributed by atoms with Crippen LogP contribution < -0.4 is 11.7 Å². The minimum Gasteiger partial charge on any atom is -0.368 e. The molecule has 0 aliphatic rings. The van der Waals surface area contributed by atoms with Crippen LogP contribution >= 0.6 is 0 Å². The van der Waals surface area contributed by atoms with Gasteiger partial charge in [0.1, 0.15) is 0 Å². The van der Waals surface area contributed by atoms with E-state index >= 15 is 0 Å². The molecule has 0 bridgehead atoms. The molecule has 4 nitrogen and oxygen atoms in total. The lowest BCUT2D eigenvalue weighted by molar-refractivity contribution is -0.0466. The minimum atomic E-state index is -1.10. The van der Waals surface area contributed by atoms with Crippen molar-refractivity contribution < 1.29 is 10.2 Å². The van der Waals surface area contributed by atoms with Gasteiger partial charge in [0.15, 0.2) is 6.29 Å². The molecule has 0 spiro atoms. The first kappa shape index (κ1) is 16.3. The first-order chi connectivity index (χ1) is 6.77. The highest BCUT2D eigenvalue weighted by atomic mass is 16.5. The summed E-state index contributed by atoms with van der Waals surface area (Å²) in [6.45, 7) is 2.21. The van der Waals surface area contributed by atoms with Crippen molar-refractivity contribution in [3.05, 3.63) is 0 Å². The van der Waals surface area contributed by atoms with Crippen molar-refractivity contribution in [3.8, 4) is 0 Å². The van der Waals surface area contributed by atoms with E-state index in [1.807, 2.05) is 0 Å². The number of hydrogen-bond donors (Lipinski definition) is 4. The highest BCUT2D eigenvalue weighted by molar-refractivity contribution is 4.46. The highest BCUT2D eigenvalue weighted by Crippen LogP contribution is 2.08. The molecule has 0 aromatic heterocycles. The van der Waals surface area contributed by atoms with E-state index in [1.165, 1.54) is 32.1 Å². The zero-order chi connectivity index (χ0) is 11.2. The van der Waals surface area contributed by atoms with Crippen molar-refractivity contribution in [1.82, 2.24) is 0 Å². The lowest BCUT2D eigenvalue weighted by Gasteiger charge is -2.02. The number of hydrogen-bond acceptors (Lipinski definition) is 4. The van der Waals surface area contributed by atoms with Gasteiger partial charge in [-0.2, -0.15) is 0 Å². The maximum absolute atomic E-state index is 8.55. The monoisotopic (exact) mass is 206 g/mol. The second-order valence-electron chi connectivity index (χ2n) is 3.39. The van der Waals surface area contributed by atoms with E-state index in [1.54, 1.807) is 0 Å². The summed E-state index contributed by atoms with van der Waals surface area (Å²) in [7, 11) is 0. The Bertz CT molecular complexity index is 90.2. The molecule has 0 fully saturated rings. The number of hydrazine groups is 1. The summed E-state index contributed by atoms with van der Waals surface area (Å²) in [5.41, 5.74) is 0. The molecule has 0 aliphatic carbocycles. The van der Waals surface area contributed by atoms with Crippen LogP contribution in [0.5, 0.6) is 0 Å². The quantitative estimate of drug-likeness (QED) is 0.208. The van der Waals surface area contributed by atoms with Crippen LogP contribution in [0.25, 0.3) is 0 Å². The normalized spacial score (nSPS) is 9.86. The summed E-state index contributed by atoms with van der Waals surface area (Å²) >= 11 is 0. The fourth-order valence-corrected chi connectivity index (χ4v) is 1.28. The lowest BCUT2D eigenvalue weighted by Crippen LogP contribution is -2.02. The molecule has 0 aromatic rings. The van der Waals surface area contributed by atoms with Crippen LogP contribution in [-0.4, -0.2) is 16.5 Å². The number of nitrogens with two attached hydrogens (primary N) is 2. The number of aliphatic hydroxyl groups is 2. The van der Waals surface area contributed by atoms with Gasteiger partial charge < -0.3 is 10.2 Å². The fraction of sp³-hybridized carbons (Fsp3) is 1.00. The van der Waals surface area contributed by atoms with Crippen LogP contribution in [0, 0.1) is 0 Å². The van der Waals surface area contributed by atoms with E-state index < -0.39 is 6.29 Å². The van der Waals surface area contributed by atoms with Crippen molar-refractivity contribution in [2.24, 2.45) is 11.7 Å². The molecule has 0 atom stereocenters. The molecule has 0 rings (SSSR count). The first-order valence-corrected chi connectivity index (χ1v) is 5.47. The molecule has 14 heavy (non-hydrogen) atoms. The molecule has 0 aromatic carbocycles. The Balaban J connectivity index is 0. The molecule has 0 heterocycles. The Kier molecular flexibility index (Phi) is 17.8. The Hall–Kier alpha value is -0.160. The maximum atomic E-state index is 8.55. The van der Waals surface area contributed by atoms with Gasteiger partial charge in [-0.15, -0.1) is 0 Å². The average molecular weight is 206 g/mol. The summed E-state index contributed by atoms with van der Waals surface area (Å²) in [6.07, 6.45) is 8.03. The number of unbranched alkanes of at least 4 members (excludes halogenated alkanes) is 6. The van der Waals surface area contributed by atoms with Crippen LogP contribution in [0.4, 0.5) is 0 Å². The second kappa shape index (κ2) is 15.3. The van der Waals surface area contributed by atoms with Gasteiger partial charge in [-0.25, -0.2) is 0 Å². The Morgan fingerprint density at radius 2 is 1.29 bits per heavy atom. The smallest absolute Gasteiger partial charge is 0.151 e. The summed E-state index contributed by atoms with van der Waals surface area (Å²) < 4.78 is 0. The summed E-state index contributed by atoms with van der Waals surface area (Å²) in [4.78, 5) is 0. The van der Waals surface area contributed by atoms with E-state index in [4.69, 9.17) is 10.2 Å². The minimum absolute atomic E-state index is 0.535. The second-order valence-corrected chi connectivity index (χ2v) is 3.39. The van der Waals surface area contributed by atoms with Gasteiger partial charge in [0, 0.05) is 0 Å². The van der Waals surface area contributed by atoms with E-state index in [-0.39, 0.29) is 0 Å². The topological polar surface area (TPSA) is 92.5 Å². The van der Waals surface area contributed by atoms with Crippen molar-refractivity contribution in [2.45, 2.75) is 64.6 Å². The molecular weight excluding hydrogens is 180 g/mol. The lowest BCUT2D eigenvalue weighted by atomic mass is 10.1. The first-order valence-electron chi connectivity index (χ1n) is 5.47. The molecule has 0 saturated heterocycles. The summed E-state index contributed by atoms with van der Waals surface area (Å²) in [6, 6.07) is 0. The van der Waals surface area contributed by atoms with Crippen molar-refractivity contribution in [1.29, 1.82) is 0 Å². The van der Waals surface area contributed by atoms with Crippen LogP contribution in [0.1, 0.15) is 58.3 Å². The Morgan fingerprint density at radius 3 is 1.71 bits per heavy atom. The summed E-state index contributed by atoms with van der Waals surface area (Å²) in [5.74, 6) is 8.00. The third-order valence-electron chi connectivity index (χ3n) is 2.07. The van der Waals surface area contributed by atoms with Gasteiger partial charge in [0.05, 0.1) is 0 Å². The molecule has 0 aliphatic heterocycles. The van der Waals surface area contributed by atoms with Gasteiger partial charge >= 0.3 is 0 Å². The molecule has 4 heteroatoms. The zero-order valence-electron chi connectivity index (χ0n) is 9.28. The Labute approximate surface area is 87.3 Å². The number of rotatable bonds is 8. The predicted molar refractivity (Wildman–Crippen MR) is 59.2 cm³/mol. The number of aliphatic hydroxyl groups excluding tert-OH is 1. The zero-order valence-corrected chi connectivity index (χ0v) is 9.28. The third-order valence-corrected chi connectivity index (χ3v) is 2.07. The van der Waals surface area contributed by atoms with Gasteiger partial charge in [-0.1, -0.05) is 45.4 Å². The molecule has 0 amide bonds. The van der Waals surface area contributed by atoms with Crippen molar-refractivity contribution in [2.75, 3.05) is 0 Å². The third kappa shape index (κ3) is 17.8. The van der Waals surface area contributed by atoms with E-state index in [9.17, 15) is 0 Å². The molecule has 88 valence electrons. The van der Waals surface area contributed by atoms with Crippen molar-refractivity contribution in [3.63, 3.8) is 0 Å². The van der Waals surface area contributed by atoms with E-state index in [0.29, 0.717) is 6.42 Å². The molecular formula is C10H26N2O2. The van der Waals surface area contributed by atoms with E-state index in [0.717, 1.165) is 12.8 Å². The van der Waals surface area contributed by atoms with Crippen LogP contribution in [0.3, 0.4) is 0 Å².